The zero-order valence-electron chi connectivity index (χ0n) is 10.2. The lowest BCUT2D eigenvalue weighted by Gasteiger charge is -2.19. The average Bonchev–Trinajstić information content (AvgIpc) is 2.27. The summed E-state index contributed by atoms with van der Waals surface area (Å²) in [5.74, 6) is -2.33. The quantitative estimate of drug-likeness (QED) is 0.592. The van der Waals surface area contributed by atoms with Crippen molar-refractivity contribution in [2.45, 2.75) is 6.54 Å². The monoisotopic (exact) mass is 265 g/mol. The van der Waals surface area contributed by atoms with E-state index in [1.807, 2.05) is 0 Å². The number of rotatable bonds is 7. The zero-order chi connectivity index (χ0) is 14.4. The van der Waals surface area contributed by atoms with Gasteiger partial charge in [-0.05, 0) is 11.6 Å². The van der Waals surface area contributed by atoms with Gasteiger partial charge in [0.2, 0.25) is 11.8 Å². The molecule has 0 aliphatic rings. The molecule has 2 amide bonds. The molecule has 7 heteroatoms. The second-order valence-corrected chi connectivity index (χ2v) is 4.03. The van der Waals surface area contributed by atoms with E-state index >= 15 is 0 Å². The molecule has 0 bridgehead atoms. The minimum atomic E-state index is -1.09. The molecule has 0 saturated carbocycles. The first-order chi connectivity index (χ1) is 8.90. The largest absolute Gasteiger partial charge is 0.480 e. The van der Waals surface area contributed by atoms with Crippen LogP contribution in [0.4, 0.5) is 0 Å². The second kappa shape index (κ2) is 6.50. The fraction of sp³-hybridized carbons (Fsp3) is 0.250. The van der Waals surface area contributed by atoms with Gasteiger partial charge in [-0.1, -0.05) is 18.2 Å². The number of hydrogen-bond acceptors (Lipinski definition) is 4. The summed E-state index contributed by atoms with van der Waals surface area (Å²) in [4.78, 5) is 34.2. The van der Waals surface area contributed by atoms with E-state index in [9.17, 15) is 14.4 Å². The Balaban J connectivity index is 2.92. The van der Waals surface area contributed by atoms with E-state index in [1.54, 1.807) is 24.3 Å². The van der Waals surface area contributed by atoms with Gasteiger partial charge < -0.3 is 16.6 Å². The number of hydrogen-bond donors (Lipinski definition) is 3. The summed E-state index contributed by atoms with van der Waals surface area (Å²) >= 11 is 0. The number of carboxylic acids is 1. The van der Waals surface area contributed by atoms with Crippen molar-refractivity contribution in [2.24, 2.45) is 11.5 Å². The molecule has 0 aliphatic carbocycles. The van der Waals surface area contributed by atoms with E-state index in [0.29, 0.717) is 11.1 Å². The highest BCUT2D eigenvalue weighted by molar-refractivity contribution is 5.94. The first-order valence-electron chi connectivity index (χ1n) is 5.50. The van der Waals surface area contributed by atoms with Crippen LogP contribution in [-0.4, -0.2) is 40.9 Å². The summed E-state index contributed by atoms with van der Waals surface area (Å²) < 4.78 is 0. The molecule has 1 aromatic carbocycles. The van der Waals surface area contributed by atoms with E-state index < -0.39 is 17.8 Å². The van der Waals surface area contributed by atoms with Gasteiger partial charge >= 0.3 is 5.97 Å². The van der Waals surface area contributed by atoms with Crippen molar-refractivity contribution < 1.29 is 19.5 Å². The predicted molar refractivity (Wildman–Crippen MR) is 67.1 cm³/mol. The normalized spacial score (nSPS) is 10.4. The highest BCUT2D eigenvalue weighted by atomic mass is 16.4. The Morgan fingerprint density at radius 3 is 2.26 bits per heavy atom. The van der Waals surface area contributed by atoms with Crippen molar-refractivity contribution in [3.05, 3.63) is 35.4 Å². The minimum Gasteiger partial charge on any atom is -0.480 e. The Kier molecular flexibility index (Phi) is 5.01. The maximum Gasteiger partial charge on any atom is 0.317 e. The zero-order valence-corrected chi connectivity index (χ0v) is 10.2. The van der Waals surface area contributed by atoms with Gasteiger partial charge in [0.1, 0.15) is 0 Å². The van der Waals surface area contributed by atoms with Crippen molar-refractivity contribution in [2.75, 3.05) is 13.1 Å². The second-order valence-electron chi connectivity index (χ2n) is 4.03. The summed E-state index contributed by atoms with van der Waals surface area (Å²) in [6.07, 6.45) is 0. The van der Waals surface area contributed by atoms with Crippen LogP contribution in [0.3, 0.4) is 0 Å². The van der Waals surface area contributed by atoms with Crippen molar-refractivity contribution in [1.82, 2.24) is 4.90 Å². The number of carbonyl (C=O) groups is 3. The molecular weight excluding hydrogens is 250 g/mol. The molecule has 0 saturated heterocycles. The number of carbonyl (C=O) groups excluding carboxylic acids is 2. The van der Waals surface area contributed by atoms with Crippen LogP contribution in [0, 0.1) is 0 Å². The van der Waals surface area contributed by atoms with Crippen LogP contribution in [0.2, 0.25) is 0 Å². The topological polar surface area (TPSA) is 127 Å². The molecule has 0 atom stereocenters. The average molecular weight is 265 g/mol. The SMILES string of the molecule is NC(=O)CN(CC(=O)O)Cc1ccccc1C(N)=O. The molecule has 19 heavy (non-hydrogen) atoms. The lowest BCUT2D eigenvalue weighted by Crippen LogP contribution is -2.37. The van der Waals surface area contributed by atoms with E-state index in [-0.39, 0.29) is 19.6 Å². The third-order valence-electron chi connectivity index (χ3n) is 2.42. The van der Waals surface area contributed by atoms with Crippen molar-refractivity contribution in [3.63, 3.8) is 0 Å². The maximum atomic E-state index is 11.2. The molecule has 0 fully saturated rings. The fourth-order valence-electron chi connectivity index (χ4n) is 1.72. The highest BCUT2D eigenvalue weighted by Crippen LogP contribution is 2.11. The number of amides is 2. The fourth-order valence-corrected chi connectivity index (χ4v) is 1.72. The Morgan fingerprint density at radius 2 is 1.74 bits per heavy atom. The lowest BCUT2D eigenvalue weighted by atomic mass is 10.1. The Labute approximate surface area is 109 Å². The predicted octanol–water partition coefficient (Wildman–Crippen LogP) is -0.843. The van der Waals surface area contributed by atoms with Crippen LogP contribution >= 0.6 is 0 Å². The molecule has 102 valence electrons. The van der Waals surface area contributed by atoms with Gasteiger partial charge in [0.25, 0.3) is 0 Å². The Hall–Kier alpha value is -2.41. The molecule has 0 spiro atoms. The van der Waals surface area contributed by atoms with E-state index in [2.05, 4.69) is 0 Å². The molecule has 7 nitrogen and oxygen atoms in total. The Morgan fingerprint density at radius 1 is 1.11 bits per heavy atom. The van der Waals surface area contributed by atoms with Gasteiger partial charge in [0.05, 0.1) is 13.1 Å². The molecule has 1 rings (SSSR count). The molecule has 1 aromatic rings. The van der Waals surface area contributed by atoms with Crippen LogP contribution in [0.25, 0.3) is 0 Å². The summed E-state index contributed by atoms with van der Waals surface area (Å²) in [6, 6.07) is 6.54. The van der Waals surface area contributed by atoms with Gasteiger partial charge in [0, 0.05) is 12.1 Å². The molecule has 0 heterocycles. The molecule has 0 unspecified atom stereocenters. The third-order valence-corrected chi connectivity index (χ3v) is 2.42. The Bertz CT molecular complexity index is 486. The summed E-state index contributed by atoms with van der Waals surface area (Å²) in [5.41, 5.74) is 11.1. The van der Waals surface area contributed by atoms with Gasteiger partial charge in [-0.2, -0.15) is 0 Å². The number of benzene rings is 1. The van der Waals surface area contributed by atoms with Crippen molar-refractivity contribution in [3.8, 4) is 0 Å². The number of carboxylic acid groups (broad SMARTS) is 1. The minimum absolute atomic E-state index is 0.106. The molecule has 0 aromatic heterocycles. The van der Waals surface area contributed by atoms with Gasteiger partial charge in [-0.3, -0.25) is 19.3 Å². The first-order valence-corrected chi connectivity index (χ1v) is 5.50. The van der Waals surface area contributed by atoms with Crippen molar-refractivity contribution in [1.29, 1.82) is 0 Å². The molecule has 0 aliphatic heterocycles. The number of nitrogens with two attached hydrogens (primary N) is 2. The van der Waals surface area contributed by atoms with Crippen molar-refractivity contribution >= 4 is 17.8 Å². The number of aliphatic carboxylic acids is 1. The van der Waals surface area contributed by atoms with E-state index in [0.717, 1.165) is 0 Å². The number of primary amides is 2. The van der Waals surface area contributed by atoms with E-state index in [1.165, 1.54) is 4.90 Å². The standard InChI is InChI=1S/C12H15N3O4/c13-10(16)6-15(7-11(17)18)5-8-3-1-2-4-9(8)12(14)19/h1-4H,5-7H2,(H2,13,16)(H2,14,19)(H,17,18). The van der Waals surface area contributed by atoms with E-state index in [4.69, 9.17) is 16.6 Å². The van der Waals surface area contributed by atoms with Gasteiger partial charge in [0.15, 0.2) is 0 Å². The van der Waals surface area contributed by atoms with Crippen LogP contribution in [-0.2, 0) is 16.1 Å². The highest BCUT2D eigenvalue weighted by Gasteiger charge is 2.16. The maximum absolute atomic E-state index is 11.2. The number of nitrogens with zero attached hydrogens (tertiary/aromatic N) is 1. The van der Waals surface area contributed by atoms with Crippen LogP contribution in [0.1, 0.15) is 15.9 Å². The van der Waals surface area contributed by atoms with Crippen LogP contribution in [0.5, 0.6) is 0 Å². The van der Waals surface area contributed by atoms with Crippen LogP contribution in [0.15, 0.2) is 24.3 Å². The summed E-state index contributed by atoms with van der Waals surface area (Å²) in [6.45, 7) is -0.455. The smallest absolute Gasteiger partial charge is 0.317 e. The van der Waals surface area contributed by atoms with Gasteiger partial charge in [-0.15, -0.1) is 0 Å². The van der Waals surface area contributed by atoms with Gasteiger partial charge in [-0.25, -0.2) is 0 Å². The molecule has 0 radical (unpaired) electrons. The lowest BCUT2D eigenvalue weighted by molar-refractivity contribution is -0.138. The first kappa shape index (κ1) is 14.7. The van der Waals surface area contributed by atoms with Crippen LogP contribution < -0.4 is 11.5 Å². The summed E-state index contributed by atoms with van der Waals surface area (Å²) in [7, 11) is 0. The third kappa shape index (κ3) is 4.76. The molecular formula is C12H15N3O4. The molecule has 5 N–H and O–H groups in total. The summed E-state index contributed by atoms with van der Waals surface area (Å²) in [5, 5.41) is 8.77.